The first kappa shape index (κ1) is 22.8. The molecule has 0 radical (unpaired) electrons. The highest BCUT2D eigenvalue weighted by atomic mass is 35.5. The van der Waals surface area contributed by atoms with Crippen molar-refractivity contribution < 1.29 is 24.5 Å². The number of para-hydroxylation sites is 1. The monoisotopic (exact) mass is 444 g/mol. The summed E-state index contributed by atoms with van der Waals surface area (Å²) in [6.07, 6.45) is 1.43. The molecule has 1 aliphatic rings. The zero-order valence-corrected chi connectivity index (χ0v) is 18.2. The number of halogens is 1. The summed E-state index contributed by atoms with van der Waals surface area (Å²) in [5.41, 5.74) is 2.29. The van der Waals surface area contributed by atoms with E-state index in [-0.39, 0.29) is 24.3 Å². The van der Waals surface area contributed by atoms with E-state index in [1.165, 1.54) is 4.90 Å². The Hall–Kier alpha value is -2.87. The average Bonchev–Trinajstić information content (AvgIpc) is 3.06. The van der Waals surface area contributed by atoms with Crippen LogP contribution in [0.3, 0.4) is 0 Å². The Balaban J connectivity index is 1.88. The van der Waals surface area contributed by atoms with E-state index in [4.69, 9.17) is 26.2 Å². The molecule has 1 heterocycles. The van der Waals surface area contributed by atoms with E-state index in [2.05, 4.69) is 4.99 Å². The van der Waals surface area contributed by atoms with Crippen molar-refractivity contribution >= 4 is 35.3 Å². The molecule has 0 bridgehead atoms. The first-order chi connectivity index (χ1) is 14.9. The van der Waals surface area contributed by atoms with Gasteiger partial charge in [-0.05, 0) is 48.7 Å². The van der Waals surface area contributed by atoms with Crippen molar-refractivity contribution in [2.45, 2.75) is 26.4 Å². The van der Waals surface area contributed by atoms with Crippen molar-refractivity contribution in [3.8, 4) is 5.75 Å². The standard InChI is InChI=1S/C23H25ClN2O5/c1-3-10-25-23-26(19-7-5-4-6-15(19)2)22(29)21(31-23)12-16-8-9-20(18(24)11-16)30-14-17(28)13-27/h4-9,11-12,17,27-28H,3,10,13-14H2,1-2H3/b21-12?,25-23+. The van der Waals surface area contributed by atoms with E-state index in [1.54, 1.807) is 24.3 Å². The molecule has 164 valence electrons. The number of amides is 1. The molecule has 7 nitrogen and oxygen atoms in total. The quantitative estimate of drug-likeness (QED) is 0.607. The number of aliphatic imine (C=N–C) groups is 1. The van der Waals surface area contributed by atoms with Crippen molar-refractivity contribution in [2.75, 3.05) is 24.7 Å². The predicted molar refractivity (Wildman–Crippen MR) is 120 cm³/mol. The number of hydrogen-bond donors (Lipinski definition) is 2. The Kier molecular flexibility index (Phi) is 7.68. The molecular weight excluding hydrogens is 420 g/mol. The van der Waals surface area contributed by atoms with Crippen molar-refractivity contribution in [2.24, 2.45) is 4.99 Å². The molecule has 1 aliphatic heterocycles. The highest BCUT2D eigenvalue weighted by molar-refractivity contribution is 6.32. The highest BCUT2D eigenvalue weighted by Gasteiger charge is 2.36. The lowest BCUT2D eigenvalue weighted by Gasteiger charge is -2.15. The van der Waals surface area contributed by atoms with E-state index in [9.17, 15) is 9.90 Å². The lowest BCUT2D eigenvalue weighted by Crippen LogP contribution is -2.30. The predicted octanol–water partition coefficient (Wildman–Crippen LogP) is 3.55. The lowest BCUT2D eigenvalue weighted by molar-refractivity contribution is -0.114. The molecule has 2 N–H and O–H groups in total. The van der Waals surface area contributed by atoms with Crippen LogP contribution in [0.2, 0.25) is 5.02 Å². The maximum absolute atomic E-state index is 13.1. The summed E-state index contributed by atoms with van der Waals surface area (Å²) in [6, 6.07) is 12.8. The molecular formula is C23H25ClN2O5. The molecule has 0 saturated carbocycles. The van der Waals surface area contributed by atoms with Gasteiger partial charge in [-0.2, -0.15) is 0 Å². The first-order valence-corrected chi connectivity index (χ1v) is 10.4. The number of nitrogens with zero attached hydrogens (tertiary/aromatic N) is 2. The smallest absolute Gasteiger partial charge is 0.305 e. The topological polar surface area (TPSA) is 91.6 Å². The Morgan fingerprint density at radius 2 is 2.06 bits per heavy atom. The van der Waals surface area contributed by atoms with Gasteiger partial charge >= 0.3 is 11.9 Å². The minimum atomic E-state index is -0.990. The maximum Gasteiger partial charge on any atom is 0.305 e. The number of aliphatic hydroxyl groups is 2. The number of benzene rings is 2. The van der Waals surface area contributed by atoms with Gasteiger partial charge in [-0.1, -0.05) is 42.8 Å². The van der Waals surface area contributed by atoms with Crippen molar-refractivity contribution in [3.05, 3.63) is 64.4 Å². The van der Waals surface area contributed by atoms with Gasteiger partial charge in [0.05, 0.1) is 17.3 Å². The van der Waals surface area contributed by atoms with Crippen molar-refractivity contribution in [3.63, 3.8) is 0 Å². The highest BCUT2D eigenvalue weighted by Crippen LogP contribution is 2.31. The summed E-state index contributed by atoms with van der Waals surface area (Å²) in [6.45, 7) is 3.98. The van der Waals surface area contributed by atoms with Gasteiger partial charge in [0.25, 0.3) is 0 Å². The second kappa shape index (κ2) is 10.4. The van der Waals surface area contributed by atoms with Crippen LogP contribution in [-0.4, -0.2) is 48.0 Å². The number of rotatable bonds is 8. The van der Waals surface area contributed by atoms with E-state index in [0.29, 0.717) is 22.9 Å². The molecule has 1 amide bonds. The molecule has 0 aliphatic carbocycles. The fourth-order valence-electron chi connectivity index (χ4n) is 2.93. The first-order valence-electron chi connectivity index (χ1n) is 10.00. The summed E-state index contributed by atoms with van der Waals surface area (Å²) >= 11 is 6.26. The van der Waals surface area contributed by atoms with Gasteiger partial charge in [-0.25, -0.2) is 9.89 Å². The largest absolute Gasteiger partial charge is 0.489 e. The van der Waals surface area contributed by atoms with Crippen LogP contribution in [0.15, 0.2) is 53.2 Å². The molecule has 8 heteroatoms. The third-order valence-corrected chi connectivity index (χ3v) is 4.82. The van der Waals surface area contributed by atoms with Crippen LogP contribution in [0.25, 0.3) is 6.08 Å². The van der Waals surface area contributed by atoms with Gasteiger partial charge in [0.15, 0.2) is 5.76 Å². The SMILES string of the molecule is CCC/N=C1/OC(=Cc2ccc(OCC(O)CO)c(Cl)c2)C(=O)N1c1ccccc1C. The Morgan fingerprint density at radius 1 is 1.29 bits per heavy atom. The molecule has 1 atom stereocenters. The van der Waals surface area contributed by atoms with E-state index in [0.717, 1.165) is 17.7 Å². The molecule has 2 aromatic carbocycles. The van der Waals surface area contributed by atoms with Gasteiger partial charge in [0, 0.05) is 6.54 Å². The zero-order chi connectivity index (χ0) is 22.4. The summed E-state index contributed by atoms with van der Waals surface area (Å²) in [5.74, 6) is 0.187. The van der Waals surface area contributed by atoms with Crippen LogP contribution in [0.4, 0.5) is 5.69 Å². The summed E-state index contributed by atoms with van der Waals surface area (Å²) in [5, 5.41) is 18.6. The van der Waals surface area contributed by atoms with Crippen molar-refractivity contribution in [1.29, 1.82) is 0 Å². The molecule has 3 rings (SSSR count). The van der Waals surface area contributed by atoms with Crippen LogP contribution in [-0.2, 0) is 9.53 Å². The summed E-state index contributed by atoms with van der Waals surface area (Å²) in [4.78, 5) is 19.1. The Labute approximate surface area is 186 Å². The normalized spacial score (nSPS) is 17.3. The van der Waals surface area contributed by atoms with Gasteiger partial charge < -0.3 is 19.7 Å². The third kappa shape index (κ3) is 5.44. The molecule has 31 heavy (non-hydrogen) atoms. The van der Waals surface area contributed by atoms with Gasteiger partial charge in [0.2, 0.25) is 0 Å². The molecule has 1 saturated heterocycles. The average molecular weight is 445 g/mol. The Bertz CT molecular complexity index is 1010. The Morgan fingerprint density at radius 3 is 2.74 bits per heavy atom. The van der Waals surface area contributed by atoms with E-state index in [1.807, 2.05) is 38.1 Å². The molecule has 1 unspecified atom stereocenters. The molecule has 0 spiro atoms. The number of aliphatic hydroxyl groups excluding tert-OH is 2. The molecule has 0 aromatic heterocycles. The van der Waals surface area contributed by atoms with Gasteiger partial charge in [-0.3, -0.25) is 4.79 Å². The van der Waals surface area contributed by atoms with Crippen molar-refractivity contribution in [1.82, 2.24) is 0 Å². The summed E-state index contributed by atoms with van der Waals surface area (Å²) in [7, 11) is 0. The van der Waals surface area contributed by atoms with Crippen LogP contribution in [0.5, 0.6) is 5.75 Å². The third-order valence-electron chi connectivity index (χ3n) is 4.53. The second-order valence-electron chi connectivity index (χ2n) is 7.04. The van der Waals surface area contributed by atoms with Crippen LogP contribution in [0.1, 0.15) is 24.5 Å². The number of carbonyl (C=O) groups excluding carboxylic acids is 1. The fraction of sp³-hybridized carbons (Fsp3) is 0.304. The van der Waals surface area contributed by atoms with Gasteiger partial charge in [-0.15, -0.1) is 0 Å². The number of carbonyl (C=O) groups is 1. The van der Waals surface area contributed by atoms with Crippen LogP contribution >= 0.6 is 11.6 Å². The number of amidine groups is 1. The number of hydrogen-bond acceptors (Lipinski definition) is 6. The van der Waals surface area contributed by atoms with E-state index < -0.39 is 12.7 Å². The number of ether oxygens (including phenoxy) is 2. The number of anilines is 1. The van der Waals surface area contributed by atoms with Crippen LogP contribution < -0.4 is 9.64 Å². The fourth-order valence-corrected chi connectivity index (χ4v) is 3.17. The van der Waals surface area contributed by atoms with Gasteiger partial charge in [0.1, 0.15) is 18.5 Å². The second-order valence-corrected chi connectivity index (χ2v) is 7.45. The minimum Gasteiger partial charge on any atom is -0.489 e. The molecule has 2 aromatic rings. The minimum absolute atomic E-state index is 0.0824. The molecule has 1 fully saturated rings. The van der Waals surface area contributed by atoms with Crippen LogP contribution in [0, 0.1) is 6.92 Å². The number of aryl methyl sites for hydroxylation is 1. The zero-order valence-electron chi connectivity index (χ0n) is 17.4. The van der Waals surface area contributed by atoms with E-state index >= 15 is 0 Å². The lowest BCUT2D eigenvalue weighted by atomic mass is 10.1. The summed E-state index contributed by atoms with van der Waals surface area (Å²) < 4.78 is 11.2. The maximum atomic E-state index is 13.1.